The minimum absolute atomic E-state index is 0.0920. The van der Waals surface area contributed by atoms with Gasteiger partial charge >= 0.3 is 0 Å². The van der Waals surface area contributed by atoms with E-state index in [9.17, 15) is 5.11 Å². The van der Waals surface area contributed by atoms with E-state index in [2.05, 4.69) is 18.7 Å². The number of methoxy groups -OCH3 is 2. The number of aliphatic hydroxyl groups is 1. The minimum Gasteiger partial charge on any atom is -0.493 e. The van der Waals surface area contributed by atoms with Gasteiger partial charge in [-0.05, 0) is 24.7 Å². The first kappa shape index (κ1) is 15.8. The Kier molecular flexibility index (Phi) is 5.63. The van der Waals surface area contributed by atoms with E-state index in [1.807, 2.05) is 25.2 Å². The third-order valence-corrected chi connectivity index (χ3v) is 3.03. The van der Waals surface area contributed by atoms with Gasteiger partial charge in [-0.2, -0.15) is 0 Å². The summed E-state index contributed by atoms with van der Waals surface area (Å²) in [5.74, 6) is 1.49. The van der Waals surface area contributed by atoms with Gasteiger partial charge in [-0.15, -0.1) is 0 Å². The van der Waals surface area contributed by atoms with E-state index in [-0.39, 0.29) is 12.0 Å². The van der Waals surface area contributed by atoms with Crippen LogP contribution in [0.1, 0.15) is 19.4 Å². The summed E-state index contributed by atoms with van der Waals surface area (Å²) in [6.07, 6.45) is 0. The molecule has 0 heterocycles. The molecule has 1 rings (SSSR count). The lowest BCUT2D eigenvalue weighted by Crippen LogP contribution is -2.33. The average molecular weight is 267 g/mol. The molecule has 0 aliphatic carbocycles. The first-order valence-corrected chi connectivity index (χ1v) is 6.42. The van der Waals surface area contributed by atoms with E-state index in [0.29, 0.717) is 0 Å². The summed E-state index contributed by atoms with van der Waals surface area (Å²) in [5.41, 5.74) is 1.07. The lowest BCUT2D eigenvalue weighted by molar-refractivity contribution is 0.112. The Hall–Kier alpha value is -1.26. The molecule has 0 radical (unpaired) electrons. The molecule has 4 heteroatoms. The van der Waals surface area contributed by atoms with Gasteiger partial charge in [-0.25, -0.2) is 0 Å². The number of hydrogen-bond acceptors (Lipinski definition) is 4. The average Bonchev–Trinajstić information content (AvgIpc) is 2.37. The van der Waals surface area contributed by atoms with E-state index in [4.69, 9.17) is 9.47 Å². The first-order chi connectivity index (χ1) is 8.91. The van der Waals surface area contributed by atoms with Crippen molar-refractivity contribution in [3.8, 4) is 11.5 Å². The molecule has 0 bridgehead atoms. The molecule has 0 atom stereocenters. The van der Waals surface area contributed by atoms with Crippen LogP contribution >= 0.6 is 0 Å². The van der Waals surface area contributed by atoms with Crippen molar-refractivity contribution in [3.63, 3.8) is 0 Å². The standard InChI is InChI=1S/C15H25NO3/c1-15(2,11-17)10-16(3)9-12-6-7-13(18-4)14(8-12)19-5/h6-8,17H,9-11H2,1-5H3. The van der Waals surface area contributed by atoms with Crippen LogP contribution in [-0.2, 0) is 6.54 Å². The minimum atomic E-state index is -0.0920. The van der Waals surface area contributed by atoms with Crippen molar-refractivity contribution in [2.24, 2.45) is 5.41 Å². The lowest BCUT2D eigenvalue weighted by atomic mass is 9.94. The number of hydrogen-bond donors (Lipinski definition) is 1. The summed E-state index contributed by atoms with van der Waals surface area (Å²) in [6.45, 7) is 5.93. The van der Waals surface area contributed by atoms with Crippen molar-refractivity contribution >= 4 is 0 Å². The molecule has 0 saturated carbocycles. The van der Waals surface area contributed by atoms with Crippen LogP contribution in [0.4, 0.5) is 0 Å². The second kappa shape index (κ2) is 6.78. The Morgan fingerprint density at radius 3 is 2.32 bits per heavy atom. The molecule has 1 N–H and O–H groups in total. The highest BCUT2D eigenvalue weighted by molar-refractivity contribution is 5.42. The molecule has 0 aromatic heterocycles. The van der Waals surface area contributed by atoms with Gasteiger partial charge in [0.25, 0.3) is 0 Å². The summed E-state index contributed by atoms with van der Waals surface area (Å²) in [6, 6.07) is 5.93. The van der Waals surface area contributed by atoms with Crippen molar-refractivity contribution in [2.75, 3.05) is 34.4 Å². The van der Waals surface area contributed by atoms with Gasteiger partial charge in [0.15, 0.2) is 11.5 Å². The second-order valence-corrected chi connectivity index (χ2v) is 5.68. The Bertz CT molecular complexity index is 404. The summed E-state index contributed by atoms with van der Waals surface area (Å²) < 4.78 is 10.5. The monoisotopic (exact) mass is 267 g/mol. The maximum Gasteiger partial charge on any atom is 0.161 e. The predicted molar refractivity (Wildman–Crippen MR) is 76.7 cm³/mol. The quantitative estimate of drug-likeness (QED) is 0.822. The predicted octanol–water partition coefficient (Wildman–Crippen LogP) is 2.15. The molecule has 108 valence electrons. The molecule has 0 unspecified atom stereocenters. The van der Waals surface area contributed by atoms with Crippen molar-refractivity contribution < 1.29 is 14.6 Å². The lowest BCUT2D eigenvalue weighted by Gasteiger charge is -2.28. The number of nitrogens with zero attached hydrogens (tertiary/aromatic N) is 1. The van der Waals surface area contributed by atoms with E-state index >= 15 is 0 Å². The largest absolute Gasteiger partial charge is 0.493 e. The Balaban J connectivity index is 2.72. The zero-order valence-corrected chi connectivity index (χ0v) is 12.6. The second-order valence-electron chi connectivity index (χ2n) is 5.68. The zero-order valence-electron chi connectivity index (χ0n) is 12.6. The van der Waals surface area contributed by atoms with Gasteiger partial charge < -0.3 is 19.5 Å². The topological polar surface area (TPSA) is 41.9 Å². The SMILES string of the molecule is COc1ccc(CN(C)CC(C)(C)CO)cc1OC. The summed E-state index contributed by atoms with van der Waals surface area (Å²) >= 11 is 0. The third kappa shape index (κ3) is 4.73. The molecular weight excluding hydrogens is 242 g/mol. The Labute approximate surface area is 115 Å². The molecule has 1 aromatic carbocycles. The van der Waals surface area contributed by atoms with Gasteiger partial charge in [-0.3, -0.25) is 0 Å². The highest BCUT2D eigenvalue weighted by Crippen LogP contribution is 2.28. The molecule has 0 aliphatic heterocycles. The zero-order chi connectivity index (χ0) is 14.5. The molecule has 0 spiro atoms. The maximum absolute atomic E-state index is 9.30. The van der Waals surface area contributed by atoms with Crippen LogP contribution in [0.15, 0.2) is 18.2 Å². The van der Waals surface area contributed by atoms with Crippen LogP contribution < -0.4 is 9.47 Å². The van der Waals surface area contributed by atoms with Gasteiger partial charge in [0.1, 0.15) is 0 Å². The number of ether oxygens (including phenoxy) is 2. The molecule has 0 fully saturated rings. The molecule has 1 aromatic rings. The van der Waals surface area contributed by atoms with Crippen LogP contribution in [0, 0.1) is 5.41 Å². The normalized spacial score (nSPS) is 11.7. The van der Waals surface area contributed by atoms with Gasteiger partial charge in [0, 0.05) is 25.1 Å². The Morgan fingerprint density at radius 2 is 1.79 bits per heavy atom. The molecular formula is C15H25NO3. The summed E-state index contributed by atoms with van der Waals surface area (Å²) in [5, 5.41) is 9.30. The molecule has 0 saturated heterocycles. The molecule has 19 heavy (non-hydrogen) atoms. The van der Waals surface area contributed by atoms with Gasteiger partial charge in [0.2, 0.25) is 0 Å². The van der Waals surface area contributed by atoms with Crippen molar-refractivity contribution in [1.29, 1.82) is 0 Å². The van der Waals surface area contributed by atoms with Crippen molar-refractivity contribution in [3.05, 3.63) is 23.8 Å². The van der Waals surface area contributed by atoms with Crippen molar-refractivity contribution in [1.82, 2.24) is 4.90 Å². The fourth-order valence-electron chi connectivity index (χ4n) is 2.13. The van der Waals surface area contributed by atoms with Crippen LogP contribution in [0.2, 0.25) is 0 Å². The maximum atomic E-state index is 9.30. The van der Waals surface area contributed by atoms with Crippen LogP contribution in [0.25, 0.3) is 0 Å². The van der Waals surface area contributed by atoms with E-state index in [1.165, 1.54) is 0 Å². The van der Waals surface area contributed by atoms with Crippen LogP contribution in [0.3, 0.4) is 0 Å². The van der Waals surface area contributed by atoms with E-state index in [0.717, 1.165) is 30.2 Å². The first-order valence-electron chi connectivity index (χ1n) is 6.42. The van der Waals surface area contributed by atoms with Gasteiger partial charge in [0.05, 0.1) is 14.2 Å². The summed E-state index contributed by atoms with van der Waals surface area (Å²) in [7, 11) is 5.32. The highest BCUT2D eigenvalue weighted by atomic mass is 16.5. The van der Waals surface area contributed by atoms with E-state index < -0.39 is 0 Å². The smallest absolute Gasteiger partial charge is 0.161 e. The fourth-order valence-corrected chi connectivity index (χ4v) is 2.13. The summed E-state index contributed by atoms with van der Waals surface area (Å²) in [4.78, 5) is 2.19. The van der Waals surface area contributed by atoms with Crippen LogP contribution in [-0.4, -0.2) is 44.4 Å². The molecule has 0 amide bonds. The van der Waals surface area contributed by atoms with E-state index in [1.54, 1.807) is 14.2 Å². The van der Waals surface area contributed by atoms with Crippen molar-refractivity contribution in [2.45, 2.75) is 20.4 Å². The third-order valence-electron chi connectivity index (χ3n) is 3.03. The van der Waals surface area contributed by atoms with Gasteiger partial charge in [-0.1, -0.05) is 19.9 Å². The fraction of sp³-hybridized carbons (Fsp3) is 0.600. The van der Waals surface area contributed by atoms with Crippen LogP contribution in [0.5, 0.6) is 11.5 Å². The highest BCUT2D eigenvalue weighted by Gasteiger charge is 2.19. The Morgan fingerprint density at radius 1 is 1.16 bits per heavy atom. The number of benzene rings is 1. The number of rotatable bonds is 7. The molecule has 0 aliphatic rings. The molecule has 4 nitrogen and oxygen atoms in total. The number of aliphatic hydroxyl groups excluding tert-OH is 1.